The summed E-state index contributed by atoms with van der Waals surface area (Å²) in [5.74, 6) is 0.0687. The lowest BCUT2D eigenvalue weighted by Crippen LogP contribution is -2.41. The molecular formula is C14H19NO2. The van der Waals surface area contributed by atoms with Crippen molar-refractivity contribution >= 4 is 5.91 Å². The van der Waals surface area contributed by atoms with E-state index in [2.05, 4.69) is 5.32 Å². The van der Waals surface area contributed by atoms with Gasteiger partial charge in [0, 0.05) is 6.61 Å². The summed E-state index contributed by atoms with van der Waals surface area (Å²) in [4.78, 5) is 11.8. The standard InChI is InChI=1S/C14H19NO2/c1-11(13-8-5-9-17-13)15-14(16)10-12-6-3-2-4-7-12/h2-4,6-7,11,13H,5,8-10H2,1H3,(H,15,16)/t11-,13+/m0/s1. The molecule has 3 nitrogen and oxygen atoms in total. The second kappa shape index (κ2) is 5.82. The zero-order valence-corrected chi connectivity index (χ0v) is 10.2. The summed E-state index contributed by atoms with van der Waals surface area (Å²) in [6.07, 6.45) is 2.78. The molecule has 2 atom stereocenters. The highest BCUT2D eigenvalue weighted by Crippen LogP contribution is 2.15. The molecule has 1 fully saturated rings. The van der Waals surface area contributed by atoms with Crippen LogP contribution in [-0.4, -0.2) is 24.7 Å². The Labute approximate surface area is 102 Å². The van der Waals surface area contributed by atoms with Gasteiger partial charge in [-0.2, -0.15) is 0 Å². The fourth-order valence-electron chi connectivity index (χ4n) is 2.18. The highest BCUT2D eigenvalue weighted by Gasteiger charge is 2.23. The number of rotatable bonds is 4. The lowest BCUT2D eigenvalue weighted by molar-refractivity contribution is -0.121. The Bertz CT molecular complexity index is 358. The molecule has 1 aromatic rings. The summed E-state index contributed by atoms with van der Waals surface area (Å²) in [7, 11) is 0. The number of nitrogens with one attached hydrogen (secondary N) is 1. The predicted octanol–water partition coefficient (Wildman–Crippen LogP) is 1.91. The number of hydrogen-bond acceptors (Lipinski definition) is 2. The van der Waals surface area contributed by atoms with Crippen molar-refractivity contribution in [1.29, 1.82) is 0 Å². The number of hydrogen-bond donors (Lipinski definition) is 1. The zero-order valence-electron chi connectivity index (χ0n) is 10.2. The summed E-state index contributed by atoms with van der Waals surface area (Å²) >= 11 is 0. The topological polar surface area (TPSA) is 38.3 Å². The van der Waals surface area contributed by atoms with E-state index >= 15 is 0 Å². The van der Waals surface area contributed by atoms with Gasteiger partial charge in [-0.1, -0.05) is 30.3 Å². The third-order valence-electron chi connectivity index (χ3n) is 3.12. The van der Waals surface area contributed by atoms with Crippen molar-refractivity contribution in [2.24, 2.45) is 0 Å². The number of carbonyl (C=O) groups excluding carboxylic acids is 1. The monoisotopic (exact) mass is 233 g/mol. The van der Waals surface area contributed by atoms with Gasteiger partial charge in [-0.15, -0.1) is 0 Å². The van der Waals surface area contributed by atoms with E-state index in [1.54, 1.807) is 0 Å². The summed E-state index contributed by atoms with van der Waals surface area (Å²) < 4.78 is 5.55. The molecule has 92 valence electrons. The largest absolute Gasteiger partial charge is 0.376 e. The van der Waals surface area contributed by atoms with Crippen LogP contribution in [0.25, 0.3) is 0 Å². The van der Waals surface area contributed by atoms with Crippen LogP contribution in [0.2, 0.25) is 0 Å². The highest BCUT2D eigenvalue weighted by molar-refractivity contribution is 5.78. The third-order valence-corrected chi connectivity index (χ3v) is 3.12. The van der Waals surface area contributed by atoms with Crippen molar-refractivity contribution in [3.63, 3.8) is 0 Å². The molecule has 0 radical (unpaired) electrons. The van der Waals surface area contributed by atoms with Gasteiger partial charge in [0.25, 0.3) is 0 Å². The van der Waals surface area contributed by atoms with Crippen molar-refractivity contribution in [2.75, 3.05) is 6.61 Å². The molecule has 0 aromatic heterocycles. The molecule has 1 saturated heterocycles. The Morgan fingerprint density at radius 2 is 2.24 bits per heavy atom. The first-order chi connectivity index (χ1) is 8.25. The van der Waals surface area contributed by atoms with Crippen LogP contribution in [0.3, 0.4) is 0 Å². The summed E-state index contributed by atoms with van der Waals surface area (Å²) in [5, 5.41) is 3.01. The van der Waals surface area contributed by atoms with E-state index in [0.717, 1.165) is 25.0 Å². The number of amides is 1. The summed E-state index contributed by atoms with van der Waals surface area (Å²) in [6.45, 7) is 2.84. The van der Waals surface area contributed by atoms with Gasteiger partial charge in [-0.3, -0.25) is 4.79 Å². The molecular weight excluding hydrogens is 214 g/mol. The Kier molecular flexibility index (Phi) is 4.15. The Morgan fingerprint density at radius 1 is 1.47 bits per heavy atom. The van der Waals surface area contributed by atoms with Gasteiger partial charge in [-0.05, 0) is 25.3 Å². The maximum absolute atomic E-state index is 11.8. The summed E-state index contributed by atoms with van der Waals surface area (Å²) in [6, 6.07) is 9.90. The molecule has 1 N–H and O–H groups in total. The smallest absolute Gasteiger partial charge is 0.224 e. The van der Waals surface area contributed by atoms with Crippen molar-refractivity contribution in [2.45, 2.75) is 38.3 Å². The van der Waals surface area contributed by atoms with Gasteiger partial charge in [0.1, 0.15) is 0 Å². The lowest BCUT2D eigenvalue weighted by atomic mass is 10.1. The molecule has 0 saturated carbocycles. The minimum Gasteiger partial charge on any atom is -0.376 e. The fourth-order valence-corrected chi connectivity index (χ4v) is 2.18. The lowest BCUT2D eigenvalue weighted by Gasteiger charge is -2.19. The van der Waals surface area contributed by atoms with E-state index < -0.39 is 0 Å². The predicted molar refractivity (Wildman–Crippen MR) is 66.7 cm³/mol. The maximum atomic E-state index is 11.8. The first-order valence-electron chi connectivity index (χ1n) is 6.20. The normalized spacial score (nSPS) is 21.1. The molecule has 1 aromatic carbocycles. The first kappa shape index (κ1) is 12.1. The van der Waals surface area contributed by atoms with Crippen molar-refractivity contribution < 1.29 is 9.53 Å². The molecule has 1 heterocycles. The molecule has 0 aliphatic carbocycles. The van der Waals surface area contributed by atoms with Gasteiger partial charge in [0.15, 0.2) is 0 Å². The quantitative estimate of drug-likeness (QED) is 0.862. The average Bonchev–Trinajstić information content (AvgIpc) is 2.83. The fraction of sp³-hybridized carbons (Fsp3) is 0.500. The molecule has 1 amide bonds. The number of benzene rings is 1. The van der Waals surface area contributed by atoms with Crippen LogP contribution in [0.5, 0.6) is 0 Å². The molecule has 3 heteroatoms. The van der Waals surface area contributed by atoms with Crippen LogP contribution in [0.4, 0.5) is 0 Å². The number of ether oxygens (including phenoxy) is 1. The first-order valence-corrected chi connectivity index (χ1v) is 6.20. The van der Waals surface area contributed by atoms with Gasteiger partial charge in [-0.25, -0.2) is 0 Å². The van der Waals surface area contributed by atoms with Crippen LogP contribution in [0.1, 0.15) is 25.3 Å². The Hall–Kier alpha value is -1.35. The van der Waals surface area contributed by atoms with Gasteiger partial charge in [0.2, 0.25) is 5.91 Å². The Balaban J connectivity index is 1.80. The minimum absolute atomic E-state index is 0.0687. The van der Waals surface area contributed by atoms with Gasteiger partial charge < -0.3 is 10.1 Å². The Morgan fingerprint density at radius 3 is 2.88 bits per heavy atom. The van der Waals surface area contributed by atoms with Crippen molar-refractivity contribution in [3.05, 3.63) is 35.9 Å². The minimum atomic E-state index is 0.0687. The van der Waals surface area contributed by atoms with Gasteiger partial charge >= 0.3 is 0 Å². The summed E-state index contributed by atoms with van der Waals surface area (Å²) in [5.41, 5.74) is 1.05. The van der Waals surface area contributed by atoms with E-state index in [-0.39, 0.29) is 18.1 Å². The van der Waals surface area contributed by atoms with Crippen molar-refractivity contribution in [3.8, 4) is 0 Å². The average molecular weight is 233 g/mol. The molecule has 0 spiro atoms. The van der Waals surface area contributed by atoms with E-state index in [1.165, 1.54) is 0 Å². The molecule has 0 bridgehead atoms. The van der Waals surface area contributed by atoms with E-state index in [1.807, 2.05) is 37.3 Å². The molecule has 17 heavy (non-hydrogen) atoms. The van der Waals surface area contributed by atoms with Crippen LogP contribution < -0.4 is 5.32 Å². The number of carbonyl (C=O) groups is 1. The van der Waals surface area contributed by atoms with Crippen LogP contribution in [0.15, 0.2) is 30.3 Å². The second-order valence-corrected chi connectivity index (χ2v) is 4.57. The molecule has 1 aliphatic heterocycles. The highest BCUT2D eigenvalue weighted by atomic mass is 16.5. The molecule has 2 rings (SSSR count). The van der Waals surface area contributed by atoms with Crippen molar-refractivity contribution in [1.82, 2.24) is 5.32 Å². The third kappa shape index (κ3) is 3.56. The van der Waals surface area contributed by atoms with Crippen LogP contribution in [-0.2, 0) is 16.0 Å². The molecule has 1 aliphatic rings. The SMILES string of the molecule is C[C@H](NC(=O)Cc1ccccc1)[C@H]1CCCO1. The second-order valence-electron chi connectivity index (χ2n) is 4.57. The maximum Gasteiger partial charge on any atom is 0.224 e. The zero-order chi connectivity index (χ0) is 12.1. The van der Waals surface area contributed by atoms with E-state index in [4.69, 9.17) is 4.74 Å². The van der Waals surface area contributed by atoms with Gasteiger partial charge in [0.05, 0.1) is 18.6 Å². The van der Waals surface area contributed by atoms with E-state index in [9.17, 15) is 4.79 Å². The van der Waals surface area contributed by atoms with Crippen LogP contribution in [0, 0.1) is 0 Å². The molecule has 0 unspecified atom stereocenters. The van der Waals surface area contributed by atoms with E-state index in [0.29, 0.717) is 6.42 Å². The van der Waals surface area contributed by atoms with Crippen LogP contribution >= 0.6 is 0 Å².